The molecule has 0 saturated carbocycles. The number of likely N-dealkylation sites (N-methyl/N-ethyl adjacent to an activating group) is 1. The number of nitrogens with one attached hydrogen (secondary N) is 1. The molecule has 1 unspecified atom stereocenters. The number of likely N-dealkylation sites (tertiary alicyclic amines) is 2. The lowest BCUT2D eigenvalue weighted by Crippen LogP contribution is -2.50. The van der Waals surface area contributed by atoms with E-state index in [-0.39, 0.29) is 18.4 Å². The topological polar surface area (TPSA) is 52.7 Å². The summed E-state index contributed by atoms with van der Waals surface area (Å²) in [6.07, 6.45) is 7.08. The van der Waals surface area contributed by atoms with Gasteiger partial charge in [0.15, 0.2) is 0 Å². The van der Waals surface area contributed by atoms with Crippen molar-refractivity contribution >= 4 is 11.8 Å². The molecule has 2 saturated heterocycles. The Morgan fingerprint density at radius 1 is 1.20 bits per heavy atom. The van der Waals surface area contributed by atoms with E-state index in [9.17, 15) is 9.59 Å². The van der Waals surface area contributed by atoms with Crippen LogP contribution in [0, 0.1) is 0 Å². The first kappa shape index (κ1) is 15.3. The van der Waals surface area contributed by atoms with Gasteiger partial charge in [-0.05, 0) is 32.7 Å². The first-order valence-corrected chi connectivity index (χ1v) is 7.93. The van der Waals surface area contributed by atoms with Gasteiger partial charge in [0.25, 0.3) is 0 Å². The molecule has 1 atom stereocenters. The van der Waals surface area contributed by atoms with Gasteiger partial charge < -0.3 is 15.1 Å². The third-order valence-electron chi connectivity index (χ3n) is 4.43. The zero-order valence-electron chi connectivity index (χ0n) is 12.6. The Morgan fingerprint density at radius 2 is 2.00 bits per heavy atom. The molecule has 114 valence electrons. The maximum Gasteiger partial charge on any atom is 0.242 e. The minimum absolute atomic E-state index is 0.110. The van der Waals surface area contributed by atoms with Gasteiger partial charge in [0.2, 0.25) is 11.8 Å². The first-order valence-electron chi connectivity index (χ1n) is 7.93. The van der Waals surface area contributed by atoms with E-state index in [2.05, 4.69) is 5.32 Å². The average Bonchev–Trinajstić information content (AvgIpc) is 2.47. The molecule has 5 heteroatoms. The molecule has 2 amide bonds. The minimum Gasteiger partial charge on any atom is -0.340 e. The largest absolute Gasteiger partial charge is 0.340 e. The van der Waals surface area contributed by atoms with E-state index in [1.807, 2.05) is 11.9 Å². The maximum atomic E-state index is 12.4. The fourth-order valence-corrected chi connectivity index (χ4v) is 3.09. The van der Waals surface area contributed by atoms with Gasteiger partial charge in [-0.3, -0.25) is 9.59 Å². The highest BCUT2D eigenvalue weighted by Gasteiger charge is 2.25. The summed E-state index contributed by atoms with van der Waals surface area (Å²) < 4.78 is 0. The van der Waals surface area contributed by atoms with Gasteiger partial charge in [-0.15, -0.1) is 0 Å². The van der Waals surface area contributed by atoms with Crippen LogP contribution in [-0.2, 0) is 9.59 Å². The van der Waals surface area contributed by atoms with Crippen LogP contribution in [0.3, 0.4) is 0 Å². The highest BCUT2D eigenvalue weighted by atomic mass is 16.2. The van der Waals surface area contributed by atoms with Gasteiger partial charge in [0.05, 0.1) is 6.54 Å². The molecule has 2 aliphatic rings. The summed E-state index contributed by atoms with van der Waals surface area (Å²) in [5.41, 5.74) is 0. The van der Waals surface area contributed by atoms with Crippen LogP contribution in [0.2, 0.25) is 0 Å². The van der Waals surface area contributed by atoms with Crippen molar-refractivity contribution in [2.75, 3.05) is 33.2 Å². The molecule has 0 aromatic rings. The standard InChI is InChI=1S/C15H27N3O2/c1-16-13-7-6-10-17(11-13)15(20)12-18-9-5-3-2-4-8-14(18)19/h13,16H,2-12H2,1H3. The summed E-state index contributed by atoms with van der Waals surface area (Å²) in [5.74, 6) is 0.263. The second-order valence-electron chi connectivity index (χ2n) is 5.95. The van der Waals surface area contributed by atoms with E-state index in [1.54, 1.807) is 4.90 Å². The van der Waals surface area contributed by atoms with E-state index in [1.165, 1.54) is 6.42 Å². The number of hydrogen-bond donors (Lipinski definition) is 1. The smallest absolute Gasteiger partial charge is 0.242 e. The molecule has 0 radical (unpaired) electrons. The zero-order chi connectivity index (χ0) is 14.4. The van der Waals surface area contributed by atoms with Gasteiger partial charge in [-0.25, -0.2) is 0 Å². The molecule has 1 N–H and O–H groups in total. The second-order valence-corrected chi connectivity index (χ2v) is 5.95. The number of carbonyl (C=O) groups excluding carboxylic acids is 2. The number of carbonyl (C=O) groups is 2. The number of nitrogens with zero attached hydrogens (tertiary/aromatic N) is 2. The summed E-state index contributed by atoms with van der Waals surface area (Å²) in [6.45, 7) is 2.62. The van der Waals surface area contributed by atoms with Crippen LogP contribution < -0.4 is 5.32 Å². The molecular weight excluding hydrogens is 254 g/mol. The van der Waals surface area contributed by atoms with E-state index < -0.39 is 0 Å². The molecule has 2 aliphatic heterocycles. The van der Waals surface area contributed by atoms with Crippen LogP contribution in [0.5, 0.6) is 0 Å². The van der Waals surface area contributed by atoms with Crippen molar-refractivity contribution in [3.05, 3.63) is 0 Å². The maximum absolute atomic E-state index is 12.4. The number of piperidine rings is 1. The molecule has 2 fully saturated rings. The third-order valence-corrected chi connectivity index (χ3v) is 4.43. The van der Waals surface area contributed by atoms with Crippen molar-refractivity contribution in [1.82, 2.24) is 15.1 Å². The summed E-state index contributed by atoms with van der Waals surface area (Å²) in [4.78, 5) is 28.1. The minimum atomic E-state index is 0.110. The van der Waals surface area contributed by atoms with Gasteiger partial charge in [0, 0.05) is 32.1 Å². The summed E-state index contributed by atoms with van der Waals surface area (Å²) >= 11 is 0. The predicted octanol–water partition coefficient (Wildman–Crippen LogP) is 0.989. The van der Waals surface area contributed by atoms with E-state index in [4.69, 9.17) is 0 Å². The van der Waals surface area contributed by atoms with Crippen molar-refractivity contribution in [3.8, 4) is 0 Å². The first-order chi connectivity index (χ1) is 9.70. The van der Waals surface area contributed by atoms with Crippen LogP contribution >= 0.6 is 0 Å². The summed E-state index contributed by atoms with van der Waals surface area (Å²) in [7, 11) is 1.94. The Labute approximate surface area is 121 Å². The van der Waals surface area contributed by atoms with Crippen LogP contribution in [0.4, 0.5) is 0 Å². The van der Waals surface area contributed by atoms with Crippen molar-refractivity contribution in [2.24, 2.45) is 0 Å². The molecule has 0 aromatic heterocycles. The highest BCUT2D eigenvalue weighted by molar-refractivity contribution is 5.85. The Bertz CT molecular complexity index is 346. The molecule has 2 rings (SSSR count). The Hall–Kier alpha value is -1.10. The van der Waals surface area contributed by atoms with Gasteiger partial charge in [-0.1, -0.05) is 12.8 Å². The van der Waals surface area contributed by atoms with Crippen molar-refractivity contribution in [3.63, 3.8) is 0 Å². The lowest BCUT2D eigenvalue weighted by molar-refractivity contribution is -0.141. The average molecular weight is 281 g/mol. The van der Waals surface area contributed by atoms with Crippen molar-refractivity contribution in [2.45, 2.75) is 51.0 Å². The van der Waals surface area contributed by atoms with Gasteiger partial charge in [-0.2, -0.15) is 0 Å². The molecule has 0 aliphatic carbocycles. The molecule has 0 spiro atoms. The summed E-state index contributed by atoms with van der Waals surface area (Å²) in [5, 5.41) is 3.25. The fourth-order valence-electron chi connectivity index (χ4n) is 3.09. The van der Waals surface area contributed by atoms with Crippen LogP contribution in [0.25, 0.3) is 0 Å². The molecule has 20 heavy (non-hydrogen) atoms. The van der Waals surface area contributed by atoms with Crippen molar-refractivity contribution < 1.29 is 9.59 Å². The quantitative estimate of drug-likeness (QED) is 0.839. The Kier molecular flexibility index (Phi) is 5.83. The van der Waals surface area contributed by atoms with Crippen LogP contribution in [-0.4, -0.2) is 60.9 Å². The Morgan fingerprint density at radius 3 is 2.80 bits per heavy atom. The van der Waals surface area contributed by atoms with Crippen LogP contribution in [0.1, 0.15) is 44.9 Å². The Balaban J connectivity index is 1.86. The monoisotopic (exact) mass is 281 g/mol. The zero-order valence-corrected chi connectivity index (χ0v) is 12.6. The third kappa shape index (κ3) is 4.20. The van der Waals surface area contributed by atoms with E-state index in [0.717, 1.165) is 51.7 Å². The molecule has 0 bridgehead atoms. The highest BCUT2D eigenvalue weighted by Crippen LogP contribution is 2.14. The molecular formula is C15H27N3O2. The fraction of sp³-hybridized carbons (Fsp3) is 0.867. The number of amides is 2. The van der Waals surface area contributed by atoms with Crippen molar-refractivity contribution in [1.29, 1.82) is 0 Å². The molecule has 5 nitrogen and oxygen atoms in total. The van der Waals surface area contributed by atoms with E-state index in [0.29, 0.717) is 12.5 Å². The second kappa shape index (κ2) is 7.62. The predicted molar refractivity (Wildman–Crippen MR) is 78.3 cm³/mol. The summed E-state index contributed by atoms with van der Waals surface area (Å²) in [6, 6.07) is 0.399. The number of hydrogen-bond acceptors (Lipinski definition) is 3. The number of rotatable bonds is 3. The molecule has 0 aromatic carbocycles. The van der Waals surface area contributed by atoms with Gasteiger partial charge in [0.1, 0.15) is 0 Å². The molecule has 2 heterocycles. The van der Waals surface area contributed by atoms with E-state index >= 15 is 0 Å². The SMILES string of the molecule is CNC1CCCN(C(=O)CN2CCCCCCC2=O)C1. The lowest BCUT2D eigenvalue weighted by atomic mass is 10.1. The van der Waals surface area contributed by atoms with Gasteiger partial charge >= 0.3 is 0 Å². The van der Waals surface area contributed by atoms with Crippen LogP contribution in [0.15, 0.2) is 0 Å². The normalized spacial score (nSPS) is 25.2. The lowest BCUT2D eigenvalue weighted by Gasteiger charge is -2.34.